The molecule has 9 atom stereocenters. The predicted octanol–water partition coefficient (Wildman–Crippen LogP) is 5.13. The van der Waals surface area contributed by atoms with Gasteiger partial charge in [-0.2, -0.15) is 0 Å². The molecule has 1 aromatic carbocycles. The van der Waals surface area contributed by atoms with Crippen LogP contribution in [0.5, 0.6) is 0 Å². The van der Waals surface area contributed by atoms with E-state index in [0.29, 0.717) is 0 Å². The molecular formula is C33H34Cl6O12. The molecule has 1 aliphatic heterocycles. The van der Waals surface area contributed by atoms with Gasteiger partial charge in [0, 0.05) is 31.1 Å². The number of allylic oxidation sites excluding steroid dienone is 1. The standard InChI is InChI=1S/C33H34Cl6O12/c1-14-17(41)12-31(46)24(50-25(43)16-9-7-6-8-10-16)22-29(5,23(42)21(20(14)28(31,3)4)49-27(45)33(37,38)39)18(48-26(44)32(34,35)36)11-19-30(22,13-47-19)51-15(2)40/h6-10,14,17-19,22,24,41,46H,11-13H2,1-5H3/b21-20+/t14?,17-,18-,19+,22-,24-,29+,30-,31+/m0/s1. The van der Waals surface area contributed by atoms with E-state index in [9.17, 15) is 29.4 Å². The lowest BCUT2D eigenvalue weighted by Crippen LogP contribution is -2.81. The summed E-state index contributed by atoms with van der Waals surface area (Å²) in [4.78, 5) is 68.8. The Morgan fingerprint density at radius 1 is 0.941 bits per heavy atom. The van der Waals surface area contributed by atoms with Crippen LogP contribution in [0.25, 0.3) is 0 Å². The van der Waals surface area contributed by atoms with Crippen LogP contribution in [0.3, 0.4) is 0 Å². The number of alkyl halides is 6. The molecule has 0 radical (unpaired) electrons. The van der Waals surface area contributed by atoms with E-state index >= 15 is 4.79 Å². The number of fused-ring (bicyclic) bond motifs is 5. The molecule has 0 amide bonds. The molecule has 0 spiro atoms. The topological polar surface area (TPSA) is 172 Å². The summed E-state index contributed by atoms with van der Waals surface area (Å²) in [5.74, 6) is -9.28. The normalized spacial score (nSPS) is 37.3. The zero-order valence-corrected chi connectivity index (χ0v) is 32.3. The van der Waals surface area contributed by atoms with E-state index in [4.69, 9.17) is 93.3 Å². The maximum atomic E-state index is 15.5. The Morgan fingerprint density at radius 2 is 1.53 bits per heavy atom. The van der Waals surface area contributed by atoms with Crippen molar-refractivity contribution in [3.63, 3.8) is 0 Å². The smallest absolute Gasteiger partial charge is 0.364 e. The van der Waals surface area contributed by atoms with Gasteiger partial charge in [-0.3, -0.25) is 9.59 Å². The van der Waals surface area contributed by atoms with Crippen LogP contribution in [-0.2, 0) is 42.9 Å². The van der Waals surface area contributed by atoms with Gasteiger partial charge in [0.25, 0.3) is 7.59 Å². The first-order valence-electron chi connectivity index (χ1n) is 15.7. The van der Waals surface area contributed by atoms with Crippen LogP contribution >= 0.6 is 69.6 Å². The van der Waals surface area contributed by atoms with Gasteiger partial charge in [-0.15, -0.1) is 0 Å². The highest BCUT2D eigenvalue weighted by atomic mass is 35.6. The Labute approximate surface area is 322 Å². The second kappa shape index (κ2) is 13.5. The van der Waals surface area contributed by atoms with Gasteiger partial charge in [0.1, 0.15) is 23.9 Å². The van der Waals surface area contributed by atoms with Crippen molar-refractivity contribution in [3.05, 3.63) is 47.2 Å². The van der Waals surface area contributed by atoms with Crippen molar-refractivity contribution in [1.29, 1.82) is 0 Å². The molecule has 1 heterocycles. The number of ketones is 1. The Morgan fingerprint density at radius 3 is 2.04 bits per heavy atom. The number of benzene rings is 1. The summed E-state index contributed by atoms with van der Waals surface area (Å²) in [5, 5.41) is 24.7. The summed E-state index contributed by atoms with van der Waals surface area (Å²) >= 11 is 35.3. The number of Topliss-reactive ketones (excluding diaryl/α,β-unsaturated/α-hetero) is 1. The van der Waals surface area contributed by atoms with E-state index in [1.54, 1.807) is 18.2 Å². The highest BCUT2D eigenvalue weighted by molar-refractivity contribution is 6.76. The third-order valence-electron chi connectivity index (χ3n) is 10.8. The summed E-state index contributed by atoms with van der Waals surface area (Å²) in [6.07, 6.45) is -6.94. The number of halogens is 6. The number of rotatable bonds is 5. The summed E-state index contributed by atoms with van der Waals surface area (Å²) in [5.41, 5.74) is -8.27. The van der Waals surface area contributed by atoms with Gasteiger partial charge in [0.15, 0.2) is 11.4 Å². The Bertz CT molecular complexity index is 1670. The van der Waals surface area contributed by atoms with Gasteiger partial charge in [0.2, 0.25) is 5.78 Å². The van der Waals surface area contributed by atoms with Crippen LogP contribution in [0.15, 0.2) is 41.7 Å². The lowest BCUT2D eigenvalue weighted by molar-refractivity contribution is -0.345. The van der Waals surface area contributed by atoms with E-state index in [-0.39, 0.29) is 24.2 Å². The zero-order valence-electron chi connectivity index (χ0n) is 27.7. The number of carbonyl (C=O) groups excluding carboxylic acids is 5. The molecule has 3 fully saturated rings. The average Bonchev–Trinajstić information content (AvgIpc) is 3.01. The van der Waals surface area contributed by atoms with Crippen molar-refractivity contribution in [1.82, 2.24) is 0 Å². The maximum Gasteiger partial charge on any atom is 0.364 e. The molecule has 1 unspecified atom stereocenters. The molecule has 2 bridgehead atoms. The number of aliphatic hydroxyl groups excluding tert-OH is 1. The third kappa shape index (κ3) is 6.54. The Kier molecular flexibility index (Phi) is 10.6. The number of aliphatic hydroxyl groups is 2. The Hall–Kier alpha value is -1.87. The lowest BCUT2D eigenvalue weighted by atomic mass is 9.45. The Balaban J connectivity index is 1.90. The van der Waals surface area contributed by atoms with E-state index in [1.165, 1.54) is 39.8 Å². The number of hydrogen-bond acceptors (Lipinski definition) is 12. The van der Waals surface area contributed by atoms with Gasteiger partial charge in [-0.25, -0.2) is 14.4 Å². The fraction of sp³-hybridized carbons (Fsp3) is 0.606. The van der Waals surface area contributed by atoms with Crippen molar-refractivity contribution in [2.75, 3.05) is 6.61 Å². The van der Waals surface area contributed by atoms with Crippen molar-refractivity contribution in [2.45, 2.75) is 90.7 Å². The van der Waals surface area contributed by atoms with Gasteiger partial charge in [-0.05, 0) is 24.6 Å². The van der Waals surface area contributed by atoms with E-state index in [1.807, 2.05) is 0 Å². The SMILES string of the molecule is CC(=O)O[C@@]12CO[C@@H]1C[C@H](OC(=O)C(Cl)(Cl)Cl)[C@@]1(C)C(=O)/C(OC(=O)C(Cl)(Cl)Cl)=C3/C(C)[C@@H](O)C[C@@](O)([C@@H](OC(=O)c4ccccc4)[C@H]21)C3(C)C. The summed E-state index contributed by atoms with van der Waals surface area (Å²) < 4.78 is 24.0. The summed E-state index contributed by atoms with van der Waals surface area (Å²) in [6, 6.07) is 7.70. The van der Waals surface area contributed by atoms with Crippen LogP contribution in [0, 0.1) is 22.7 Å². The second-order valence-corrected chi connectivity index (χ2v) is 18.6. The first-order valence-corrected chi connectivity index (χ1v) is 17.9. The van der Waals surface area contributed by atoms with Crippen LogP contribution in [0.4, 0.5) is 0 Å². The largest absolute Gasteiger partial charge is 0.458 e. The number of ether oxygens (including phenoxy) is 5. The molecule has 2 saturated carbocycles. The van der Waals surface area contributed by atoms with E-state index in [0.717, 1.165) is 6.92 Å². The minimum atomic E-state index is -2.72. The second-order valence-electron chi connectivity index (χ2n) is 14.0. The minimum absolute atomic E-state index is 0.0460. The molecule has 0 aromatic heterocycles. The van der Waals surface area contributed by atoms with Crippen LogP contribution in [0.2, 0.25) is 0 Å². The molecule has 2 N–H and O–H groups in total. The summed E-state index contributed by atoms with van der Waals surface area (Å²) in [7, 11) is 0. The monoisotopic (exact) mass is 832 g/mol. The predicted molar refractivity (Wildman–Crippen MR) is 183 cm³/mol. The fourth-order valence-electron chi connectivity index (χ4n) is 8.25. The molecule has 18 heteroatoms. The van der Waals surface area contributed by atoms with Crippen molar-refractivity contribution in [2.24, 2.45) is 22.7 Å². The third-order valence-corrected chi connectivity index (χ3v) is 11.8. The fourth-order valence-corrected chi connectivity index (χ4v) is 8.50. The molecule has 1 saturated heterocycles. The zero-order chi connectivity index (χ0) is 38.3. The average molecular weight is 835 g/mol. The lowest BCUT2D eigenvalue weighted by Gasteiger charge is -2.67. The molecule has 12 nitrogen and oxygen atoms in total. The summed E-state index contributed by atoms with van der Waals surface area (Å²) in [6.45, 7) is 6.49. The van der Waals surface area contributed by atoms with Gasteiger partial charge in [0.05, 0.1) is 29.6 Å². The van der Waals surface area contributed by atoms with Gasteiger partial charge < -0.3 is 33.9 Å². The molecular weight excluding hydrogens is 801 g/mol. The first kappa shape index (κ1) is 40.3. The maximum absolute atomic E-state index is 15.5. The number of esters is 4. The quantitative estimate of drug-likeness (QED) is 0.228. The highest BCUT2D eigenvalue weighted by Gasteiger charge is 2.78. The van der Waals surface area contributed by atoms with Gasteiger partial charge in [-0.1, -0.05) is 109 Å². The van der Waals surface area contributed by atoms with Crippen molar-refractivity contribution >= 4 is 99.3 Å². The van der Waals surface area contributed by atoms with Crippen molar-refractivity contribution < 1.29 is 57.9 Å². The molecule has 5 rings (SSSR count). The molecule has 51 heavy (non-hydrogen) atoms. The molecule has 3 aliphatic carbocycles. The number of hydrogen-bond donors (Lipinski definition) is 2. The minimum Gasteiger partial charge on any atom is -0.458 e. The molecule has 280 valence electrons. The van der Waals surface area contributed by atoms with Crippen molar-refractivity contribution in [3.8, 4) is 0 Å². The van der Waals surface area contributed by atoms with E-state index in [2.05, 4.69) is 0 Å². The number of carbonyl (C=O) groups is 5. The molecule has 4 aliphatic rings. The van der Waals surface area contributed by atoms with Crippen LogP contribution in [-0.4, -0.2) is 89.7 Å². The van der Waals surface area contributed by atoms with Crippen LogP contribution in [0.1, 0.15) is 57.8 Å². The van der Waals surface area contributed by atoms with Gasteiger partial charge >= 0.3 is 23.9 Å². The molecule has 1 aromatic rings. The highest BCUT2D eigenvalue weighted by Crippen LogP contribution is 2.65. The first-order chi connectivity index (χ1) is 23.3. The van der Waals surface area contributed by atoms with E-state index < -0.39 is 108 Å². The van der Waals surface area contributed by atoms with Crippen LogP contribution < -0.4 is 0 Å².